The number of benzene rings is 1. The summed E-state index contributed by atoms with van der Waals surface area (Å²) >= 11 is 6.73. The van der Waals surface area contributed by atoms with Crippen molar-refractivity contribution >= 4 is 68.7 Å². The number of anilines is 1. The third kappa shape index (κ3) is 11.7. The van der Waals surface area contributed by atoms with E-state index in [2.05, 4.69) is 5.32 Å². The van der Waals surface area contributed by atoms with Crippen molar-refractivity contribution in [2.24, 2.45) is 17.6 Å². The van der Waals surface area contributed by atoms with Crippen molar-refractivity contribution in [1.82, 2.24) is 10.2 Å². The number of epoxide rings is 1. The third-order valence-corrected chi connectivity index (χ3v) is 14.6. The van der Waals surface area contributed by atoms with Crippen LogP contribution in [0.5, 0.6) is 0 Å². The first-order valence-corrected chi connectivity index (χ1v) is 22.1. The fourth-order valence-electron chi connectivity index (χ4n) is 7.17. The van der Waals surface area contributed by atoms with Gasteiger partial charge in [-0.15, -0.1) is 0 Å². The second-order valence-corrected chi connectivity index (χ2v) is 18.9. The molecule has 4 bridgehead atoms. The minimum atomic E-state index is -1.88. The number of allylic oxidation sites excluding steroid dienone is 3. The topological polar surface area (TPSA) is 222 Å². The van der Waals surface area contributed by atoms with E-state index in [-0.39, 0.29) is 54.4 Å². The van der Waals surface area contributed by atoms with E-state index in [4.69, 9.17) is 31.5 Å². The number of aliphatic hydroxyl groups excluding tert-OH is 2. The van der Waals surface area contributed by atoms with Crippen LogP contribution in [0, 0.1) is 11.8 Å². The molecule has 2 fully saturated rings. The first-order valence-electron chi connectivity index (χ1n) is 19.3. The summed E-state index contributed by atoms with van der Waals surface area (Å²) < 4.78 is 18.0. The molecule has 9 atom stereocenters. The molecule has 1 aromatic carbocycles. The molecule has 2 saturated heterocycles. The van der Waals surface area contributed by atoms with Crippen LogP contribution < -0.4 is 16.0 Å². The van der Waals surface area contributed by atoms with Crippen molar-refractivity contribution in [1.29, 1.82) is 0 Å². The number of carbonyl (C=O) groups excluding carboxylic acids is 5. The number of nitrogens with zero attached hydrogens (tertiary/aromatic N) is 2. The smallest absolute Gasteiger partial charge is 0.409 e. The van der Waals surface area contributed by atoms with Gasteiger partial charge < -0.3 is 45.1 Å². The summed E-state index contributed by atoms with van der Waals surface area (Å²) in [5.74, 6) is -2.95. The van der Waals surface area contributed by atoms with Gasteiger partial charge in [0.1, 0.15) is 23.9 Å². The van der Waals surface area contributed by atoms with Crippen molar-refractivity contribution in [3.8, 4) is 0 Å². The molecular formula is C40H57ClN4O11S2. The summed E-state index contributed by atoms with van der Waals surface area (Å²) in [5.41, 5.74) is 4.42. The number of amides is 4. The number of fused-ring (bicyclic) bond motifs is 5. The molecule has 3 aliphatic heterocycles. The zero-order valence-corrected chi connectivity index (χ0v) is 36.5. The summed E-state index contributed by atoms with van der Waals surface area (Å²) in [6.45, 7) is 7.94. The van der Waals surface area contributed by atoms with E-state index in [0.29, 0.717) is 29.8 Å². The highest BCUT2D eigenvalue weighted by atomic mass is 35.5. The fraction of sp³-hybridized carbons (Fsp3) is 0.625. The molecule has 3 aliphatic rings. The summed E-state index contributed by atoms with van der Waals surface area (Å²) in [5, 5.41) is 35.0. The van der Waals surface area contributed by atoms with Gasteiger partial charge in [-0.25, -0.2) is 9.59 Å². The van der Waals surface area contributed by atoms with Gasteiger partial charge in [-0.2, -0.15) is 0 Å². The van der Waals surface area contributed by atoms with E-state index in [0.717, 1.165) is 11.1 Å². The number of aliphatic hydroxyl groups is 3. The molecule has 1 aromatic rings. The zero-order chi connectivity index (χ0) is 43.1. The third-order valence-electron chi connectivity index (χ3n) is 11.2. The average molecular weight is 869 g/mol. The maximum Gasteiger partial charge on any atom is 0.409 e. The van der Waals surface area contributed by atoms with E-state index >= 15 is 0 Å². The van der Waals surface area contributed by atoms with E-state index in [1.807, 2.05) is 13.8 Å². The predicted molar refractivity (Wildman–Crippen MR) is 223 cm³/mol. The summed E-state index contributed by atoms with van der Waals surface area (Å²) in [7, 11) is 6.07. The Morgan fingerprint density at radius 3 is 2.57 bits per heavy atom. The van der Waals surface area contributed by atoms with Crippen LogP contribution in [-0.2, 0) is 46.4 Å². The van der Waals surface area contributed by atoms with Gasteiger partial charge in [0.25, 0.3) is 0 Å². The maximum absolute atomic E-state index is 14.2. The largest absolute Gasteiger partial charge is 0.457 e. The normalized spacial score (nSPS) is 30.1. The molecule has 4 rings (SSSR count). The molecular weight excluding hydrogens is 812 g/mol. The lowest BCUT2D eigenvalue weighted by atomic mass is 9.81. The van der Waals surface area contributed by atoms with Crippen LogP contribution >= 0.6 is 33.2 Å². The van der Waals surface area contributed by atoms with E-state index < -0.39 is 72.1 Å². The van der Waals surface area contributed by atoms with Crippen molar-refractivity contribution in [2.75, 3.05) is 31.4 Å². The lowest BCUT2D eigenvalue weighted by Crippen LogP contribution is -2.62. The number of likely N-dealkylation sites (N-methyl/N-ethyl adjacent to an activating group) is 1. The quantitative estimate of drug-likeness (QED) is 0.0820. The summed E-state index contributed by atoms with van der Waals surface area (Å²) in [4.78, 5) is 67.8. The number of ether oxygens (including phenoxy) is 3. The van der Waals surface area contributed by atoms with E-state index in [9.17, 15) is 39.3 Å². The molecule has 322 valence electrons. The molecule has 3 heterocycles. The molecule has 6 N–H and O–H groups in total. The molecule has 0 aliphatic carbocycles. The average Bonchev–Trinajstić information content (AvgIpc) is 3.87. The molecule has 1 unspecified atom stereocenters. The SMILES string of the molecule is C/C1=C\C=C\[C@@H](CO)[C@@]2(O)C[C@H](OC(=O)N2)[C@@H](C)[C@@H]2O[C@@]2(C)[C@@H](OC(=O)[C@@H](C)N(C)C(=O)CCSSC(C)CCC(N)=O)CC(=O)N(C)c2cc(cc(CO)c2Cl)C1. The number of hydrogen-bond donors (Lipinski definition) is 5. The van der Waals surface area contributed by atoms with Crippen molar-refractivity contribution in [3.05, 3.63) is 52.1 Å². The Labute approximate surface area is 352 Å². The number of nitrogens with one attached hydrogen (secondary N) is 1. The number of alkyl carbamates (subject to hydrolysis) is 1. The minimum Gasteiger partial charge on any atom is -0.457 e. The van der Waals surface area contributed by atoms with Crippen LogP contribution in [0.25, 0.3) is 0 Å². The predicted octanol–water partition coefficient (Wildman–Crippen LogP) is 4.02. The van der Waals surface area contributed by atoms with Crippen LogP contribution in [-0.4, -0.2) is 117 Å². The van der Waals surface area contributed by atoms with Gasteiger partial charge in [-0.1, -0.05) is 76.9 Å². The highest BCUT2D eigenvalue weighted by Crippen LogP contribution is 2.49. The second-order valence-electron chi connectivity index (χ2n) is 15.6. The summed E-state index contributed by atoms with van der Waals surface area (Å²) in [6.07, 6.45) is 2.35. The van der Waals surface area contributed by atoms with Crippen LogP contribution in [0.15, 0.2) is 35.9 Å². The van der Waals surface area contributed by atoms with Gasteiger partial charge in [-0.05, 0) is 50.8 Å². The monoisotopic (exact) mass is 868 g/mol. The number of hydrogen-bond acceptors (Lipinski definition) is 13. The van der Waals surface area contributed by atoms with Crippen molar-refractivity contribution in [2.45, 2.75) is 121 Å². The fourth-order valence-corrected chi connectivity index (χ4v) is 9.79. The van der Waals surface area contributed by atoms with E-state index in [1.165, 1.54) is 41.6 Å². The first-order chi connectivity index (χ1) is 27.2. The molecule has 18 heteroatoms. The van der Waals surface area contributed by atoms with Gasteiger partial charge in [0.15, 0.2) is 5.72 Å². The highest BCUT2D eigenvalue weighted by molar-refractivity contribution is 8.76. The maximum atomic E-state index is 14.2. The Bertz CT molecular complexity index is 1770. The van der Waals surface area contributed by atoms with Gasteiger partial charge >= 0.3 is 12.1 Å². The standard InChI is InChI=1S/C40H57ClN4O11S2/c1-22-9-8-10-28(21-47)40(53)19-30(54-38(52)43-40)24(3)36-39(5,56-36)31(18-34(50)45(7)29-17-26(15-22)16-27(20-46)35(29)41)55-37(51)25(4)44(6)33(49)13-14-57-58-23(2)11-12-32(42)48/h8-10,16-17,23-25,28,30-31,36,46-47,53H,11-15,18-21H2,1-7H3,(H2,42,48)(H,43,52)/b10-8+,22-9+/t23?,24-,25-,28+,30+,31+,36+,39+,40+/m1/s1. The van der Waals surface area contributed by atoms with Gasteiger partial charge in [-0.3, -0.25) is 19.7 Å². The van der Waals surface area contributed by atoms with Crippen LogP contribution in [0.4, 0.5) is 10.5 Å². The van der Waals surface area contributed by atoms with Crippen LogP contribution in [0.1, 0.15) is 77.8 Å². The number of halogens is 1. The number of nitrogens with two attached hydrogens (primary N) is 1. The number of rotatable bonds is 13. The van der Waals surface area contributed by atoms with Crippen molar-refractivity contribution in [3.63, 3.8) is 0 Å². The Morgan fingerprint density at radius 2 is 1.91 bits per heavy atom. The lowest BCUT2D eigenvalue weighted by Gasteiger charge is -2.42. The van der Waals surface area contributed by atoms with Crippen LogP contribution in [0.2, 0.25) is 5.02 Å². The molecule has 58 heavy (non-hydrogen) atoms. The molecule has 0 radical (unpaired) electrons. The first kappa shape index (κ1) is 47.4. The number of carbonyl (C=O) groups is 5. The zero-order valence-electron chi connectivity index (χ0n) is 34.1. The van der Waals surface area contributed by atoms with Crippen LogP contribution in [0.3, 0.4) is 0 Å². The Hall–Kier alpha value is -3.32. The Balaban J connectivity index is 1.63. The Kier molecular flexibility index (Phi) is 16.6. The number of esters is 1. The lowest BCUT2D eigenvalue weighted by molar-refractivity contribution is -0.161. The molecule has 15 nitrogen and oxygen atoms in total. The molecule has 0 saturated carbocycles. The molecule has 4 amide bonds. The molecule has 0 aromatic heterocycles. The summed E-state index contributed by atoms with van der Waals surface area (Å²) in [6, 6.07) is 2.44. The second kappa shape index (κ2) is 20.3. The van der Waals surface area contributed by atoms with Gasteiger partial charge in [0, 0.05) is 56.2 Å². The number of primary amides is 1. The van der Waals surface area contributed by atoms with E-state index in [1.54, 1.807) is 55.0 Å². The van der Waals surface area contributed by atoms with Crippen molar-refractivity contribution < 1.29 is 53.5 Å². The molecule has 0 spiro atoms. The Morgan fingerprint density at radius 1 is 1.21 bits per heavy atom. The van der Waals surface area contributed by atoms with Gasteiger partial charge in [0.05, 0.1) is 36.4 Å². The minimum absolute atomic E-state index is 0.110. The van der Waals surface area contributed by atoms with Gasteiger partial charge in [0.2, 0.25) is 17.7 Å². The highest BCUT2D eigenvalue weighted by Gasteiger charge is 2.64.